The molecule has 3 nitrogen and oxygen atoms in total. The van der Waals surface area contributed by atoms with Crippen LogP contribution in [0.4, 0.5) is 0 Å². The Morgan fingerprint density at radius 2 is 1.90 bits per heavy atom. The molecule has 0 saturated heterocycles. The molecule has 0 unspecified atom stereocenters. The van der Waals surface area contributed by atoms with E-state index in [2.05, 4.69) is 30.4 Å². The molecule has 0 aliphatic rings. The number of methoxy groups -OCH3 is 1. The normalized spacial score (nSPS) is 12.1. The van der Waals surface area contributed by atoms with Gasteiger partial charge in [0.1, 0.15) is 5.75 Å². The summed E-state index contributed by atoms with van der Waals surface area (Å²) in [4.78, 5) is 0. The second-order valence-corrected chi connectivity index (χ2v) is 5.27. The van der Waals surface area contributed by atoms with E-state index in [9.17, 15) is 5.11 Å². The first-order valence-corrected chi connectivity index (χ1v) is 7.24. The molecule has 0 aromatic heterocycles. The number of ether oxygens (including phenoxy) is 1. The molecule has 0 amide bonds. The second-order valence-electron chi connectivity index (χ2n) is 5.27. The molecule has 0 saturated carbocycles. The molecule has 0 fully saturated rings. The molecule has 0 radical (unpaired) electrons. The highest BCUT2D eigenvalue weighted by molar-refractivity contribution is 5.36. The number of aryl methyl sites for hydroxylation is 1. The molecule has 0 bridgehead atoms. The predicted octanol–water partition coefficient (Wildman–Crippen LogP) is 2.70. The Hall–Kier alpha value is -1.84. The zero-order chi connectivity index (χ0) is 15.1. The number of aliphatic hydroxyl groups is 1. The lowest BCUT2D eigenvalue weighted by Gasteiger charge is -2.18. The van der Waals surface area contributed by atoms with Crippen LogP contribution in [0.3, 0.4) is 0 Å². The van der Waals surface area contributed by atoms with E-state index in [0.717, 1.165) is 17.7 Å². The van der Waals surface area contributed by atoms with Crippen LogP contribution in [0.15, 0.2) is 48.5 Å². The number of rotatable bonds is 7. The number of hydrogen-bond donors (Lipinski definition) is 2. The topological polar surface area (TPSA) is 41.5 Å². The molecule has 2 aromatic carbocycles. The van der Waals surface area contributed by atoms with Gasteiger partial charge in [0.2, 0.25) is 0 Å². The Bertz CT molecular complexity index is 554. The van der Waals surface area contributed by atoms with Gasteiger partial charge in [-0.25, -0.2) is 0 Å². The van der Waals surface area contributed by atoms with Crippen molar-refractivity contribution in [3.63, 3.8) is 0 Å². The van der Waals surface area contributed by atoms with E-state index in [1.54, 1.807) is 7.11 Å². The van der Waals surface area contributed by atoms with Crippen molar-refractivity contribution in [3.05, 3.63) is 65.2 Å². The molecule has 21 heavy (non-hydrogen) atoms. The highest BCUT2D eigenvalue weighted by atomic mass is 16.5. The van der Waals surface area contributed by atoms with Crippen LogP contribution in [-0.2, 0) is 13.0 Å². The Labute approximate surface area is 126 Å². The Morgan fingerprint density at radius 3 is 2.57 bits per heavy atom. The van der Waals surface area contributed by atoms with E-state index in [4.69, 9.17) is 4.74 Å². The third kappa shape index (κ3) is 4.59. The van der Waals surface area contributed by atoms with E-state index in [1.165, 1.54) is 11.1 Å². The Kier molecular flexibility index (Phi) is 5.78. The van der Waals surface area contributed by atoms with Gasteiger partial charge in [-0.1, -0.05) is 48.0 Å². The van der Waals surface area contributed by atoms with Crippen LogP contribution in [0.5, 0.6) is 5.75 Å². The summed E-state index contributed by atoms with van der Waals surface area (Å²) >= 11 is 0. The number of aliphatic hydroxyl groups excluding tert-OH is 1. The van der Waals surface area contributed by atoms with Crippen LogP contribution in [-0.4, -0.2) is 24.9 Å². The number of nitrogens with one attached hydrogen (secondary N) is 1. The summed E-state index contributed by atoms with van der Waals surface area (Å²) in [5, 5.41) is 13.0. The summed E-state index contributed by atoms with van der Waals surface area (Å²) in [5.74, 6) is 0.879. The Balaban J connectivity index is 1.98. The fourth-order valence-electron chi connectivity index (χ4n) is 2.40. The molecule has 2 rings (SSSR count). The summed E-state index contributed by atoms with van der Waals surface area (Å²) in [5.41, 5.74) is 3.54. The van der Waals surface area contributed by atoms with Gasteiger partial charge in [0.15, 0.2) is 0 Å². The lowest BCUT2D eigenvalue weighted by molar-refractivity contribution is 0.240. The highest BCUT2D eigenvalue weighted by Gasteiger charge is 2.10. The van der Waals surface area contributed by atoms with Crippen LogP contribution in [0.25, 0.3) is 0 Å². The largest absolute Gasteiger partial charge is 0.496 e. The molecule has 2 aromatic rings. The van der Waals surface area contributed by atoms with Crippen molar-refractivity contribution < 1.29 is 9.84 Å². The standard InChI is InChI=1S/C18H23NO2/c1-14-8-9-18(21-2)16(10-14)12-19-17(13-20)11-15-6-4-3-5-7-15/h3-10,17,19-20H,11-13H2,1-2H3/t17-/m0/s1. The summed E-state index contributed by atoms with van der Waals surface area (Å²) in [6.45, 7) is 2.86. The molecule has 0 aliphatic carbocycles. The van der Waals surface area contributed by atoms with E-state index in [0.29, 0.717) is 6.54 Å². The minimum absolute atomic E-state index is 0.0395. The monoisotopic (exact) mass is 285 g/mol. The third-order valence-electron chi connectivity index (χ3n) is 3.56. The molecule has 1 atom stereocenters. The first-order valence-electron chi connectivity index (χ1n) is 7.24. The number of benzene rings is 2. The zero-order valence-corrected chi connectivity index (χ0v) is 12.7. The zero-order valence-electron chi connectivity index (χ0n) is 12.7. The van der Waals surface area contributed by atoms with Crippen molar-refractivity contribution in [2.24, 2.45) is 0 Å². The van der Waals surface area contributed by atoms with Crippen molar-refractivity contribution >= 4 is 0 Å². The van der Waals surface area contributed by atoms with Crippen molar-refractivity contribution in [1.29, 1.82) is 0 Å². The lowest BCUT2D eigenvalue weighted by atomic mass is 10.1. The van der Waals surface area contributed by atoms with Gasteiger partial charge in [-0.2, -0.15) is 0 Å². The minimum Gasteiger partial charge on any atom is -0.496 e. The van der Waals surface area contributed by atoms with Crippen molar-refractivity contribution in [2.75, 3.05) is 13.7 Å². The van der Waals surface area contributed by atoms with E-state index in [1.807, 2.05) is 30.3 Å². The second kappa shape index (κ2) is 7.81. The summed E-state index contributed by atoms with van der Waals surface area (Å²) in [6, 6.07) is 16.4. The van der Waals surface area contributed by atoms with Crippen LogP contribution < -0.4 is 10.1 Å². The van der Waals surface area contributed by atoms with Crippen molar-refractivity contribution in [3.8, 4) is 5.75 Å². The summed E-state index contributed by atoms with van der Waals surface area (Å²) in [6.07, 6.45) is 0.811. The number of hydrogen-bond acceptors (Lipinski definition) is 3. The van der Waals surface area contributed by atoms with Gasteiger partial charge >= 0.3 is 0 Å². The van der Waals surface area contributed by atoms with E-state index >= 15 is 0 Å². The molecule has 0 spiro atoms. The van der Waals surface area contributed by atoms with Crippen molar-refractivity contribution in [1.82, 2.24) is 5.32 Å². The van der Waals surface area contributed by atoms with Crippen molar-refractivity contribution in [2.45, 2.75) is 25.9 Å². The quantitative estimate of drug-likeness (QED) is 0.822. The van der Waals surface area contributed by atoms with Gasteiger partial charge < -0.3 is 15.2 Å². The first kappa shape index (κ1) is 15.5. The maximum atomic E-state index is 9.55. The maximum Gasteiger partial charge on any atom is 0.123 e. The van der Waals surface area contributed by atoms with Crippen LogP contribution in [0.2, 0.25) is 0 Å². The average Bonchev–Trinajstić information content (AvgIpc) is 2.52. The van der Waals surface area contributed by atoms with Gasteiger partial charge in [0, 0.05) is 18.2 Å². The van der Waals surface area contributed by atoms with Gasteiger partial charge in [-0.3, -0.25) is 0 Å². The molecule has 2 N–H and O–H groups in total. The maximum absolute atomic E-state index is 9.55. The van der Waals surface area contributed by atoms with Crippen LogP contribution in [0.1, 0.15) is 16.7 Å². The summed E-state index contributed by atoms with van der Waals surface area (Å²) in [7, 11) is 1.68. The van der Waals surface area contributed by atoms with Gasteiger partial charge in [-0.15, -0.1) is 0 Å². The lowest BCUT2D eigenvalue weighted by Crippen LogP contribution is -2.34. The predicted molar refractivity (Wildman–Crippen MR) is 85.6 cm³/mol. The van der Waals surface area contributed by atoms with Gasteiger partial charge in [0.05, 0.1) is 13.7 Å². The SMILES string of the molecule is COc1ccc(C)cc1CN[C@H](CO)Cc1ccccc1. The fraction of sp³-hybridized carbons (Fsp3) is 0.333. The van der Waals surface area contributed by atoms with Gasteiger partial charge in [0.25, 0.3) is 0 Å². The minimum atomic E-state index is 0.0395. The molecule has 0 heterocycles. The molecule has 0 aliphatic heterocycles. The average molecular weight is 285 g/mol. The highest BCUT2D eigenvalue weighted by Crippen LogP contribution is 2.19. The molecule has 112 valence electrons. The van der Waals surface area contributed by atoms with Crippen LogP contribution in [0, 0.1) is 6.92 Å². The van der Waals surface area contributed by atoms with Gasteiger partial charge in [-0.05, 0) is 25.0 Å². The van der Waals surface area contributed by atoms with Crippen LogP contribution >= 0.6 is 0 Å². The third-order valence-corrected chi connectivity index (χ3v) is 3.56. The Morgan fingerprint density at radius 1 is 1.14 bits per heavy atom. The summed E-state index contributed by atoms with van der Waals surface area (Å²) < 4.78 is 5.38. The molecule has 3 heteroatoms. The van der Waals surface area contributed by atoms with E-state index < -0.39 is 0 Å². The first-order chi connectivity index (χ1) is 10.2. The molecular formula is C18H23NO2. The van der Waals surface area contributed by atoms with E-state index in [-0.39, 0.29) is 12.6 Å². The molecular weight excluding hydrogens is 262 g/mol. The smallest absolute Gasteiger partial charge is 0.123 e. The fourth-order valence-corrected chi connectivity index (χ4v) is 2.40.